The van der Waals surface area contributed by atoms with Gasteiger partial charge in [0.25, 0.3) is 5.56 Å². The quantitative estimate of drug-likeness (QED) is 0.635. The highest BCUT2D eigenvalue weighted by molar-refractivity contribution is 5.89. The van der Waals surface area contributed by atoms with Gasteiger partial charge in [0.15, 0.2) is 11.5 Å². The van der Waals surface area contributed by atoms with Crippen LogP contribution in [0.3, 0.4) is 0 Å². The van der Waals surface area contributed by atoms with Crippen LogP contribution in [0.2, 0.25) is 0 Å². The van der Waals surface area contributed by atoms with Gasteiger partial charge in [-0.15, -0.1) is 0 Å². The summed E-state index contributed by atoms with van der Waals surface area (Å²) in [5, 5.41) is 1.71. The van der Waals surface area contributed by atoms with Gasteiger partial charge in [0.05, 0.1) is 12.3 Å². The first-order valence-electron chi connectivity index (χ1n) is 8.54. The highest BCUT2D eigenvalue weighted by atomic mass is 16.7. The maximum Gasteiger partial charge on any atom is 0.258 e. The average Bonchev–Trinajstić information content (AvgIpc) is 3.26. The lowest BCUT2D eigenvalue weighted by molar-refractivity contribution is 0.174. The number of hydrogen-bond acceptors (Lipinski definition) is 4. The predicted octanol–water partition coefficient (Wildman–Crippen LogP) is 2.89. The van der Waals surface area contributed by atoms with Crippen molar-refractivity contribution >= 4 is 10.8 Å². The Balaban J connectivity index is 1.66. The summed E-state index contributed by atoms with van der Waals surface area (Å²) in [6.45, 7) is 1.63. The van der Waals surface area contributed by atoms with Crippen molar-refractivity contribution < 1.29 is 14.2 Å². The Morgan fingerprint density at radius 3 is 2.64 bits per heavy atom. The van der Waals surface area contributed by atoms with E-state index in [9.17, 15) is 4.79 Å². The van der Waals surface area contributed by atoms with Crippen LogP contribution < -0.4 is 19.8 Å². The highest BCUT2D eigenvalue weighted by Gasteiger charge is 2.24. The molecule has 0 saturated carbocycles. The molecule has 0 radical (unpaired) electrons. The molecular weight excluding hydrogens is 318 g/mol. The monoisotopic (exact) mass is 333 g/mol. The minimum absolute atomic E-state index is 0.0746. The van der Waals surface area contributed by atoms with Crippen molar-refractivity contribution in [3.05, 3.63) is 51.8 Å². The van der Waals surface area contributed by atoms with Crippen molar-refractivity contribution in [1.82, 2.24) is 4.57 Å². The molecule has 0 atom stereocenters. The predicted molar refractivity (Wildman–Crippen MR) is 92.7 cm³/mol. The van der Waals surface area contributed by atoms with E-state index in [-0.39, 0.29) is 12.4 Å². The zero-order chi connectivity index (χ0) is 16.5. The van der Waals surface area contributed by atoms with Crippen LogP contribution >= 0.6 is 0 Å². The Morgan fingerprint density at radius 2 is 1.72 bits per heavy atom. The molecule has 2 aromatic carbocycles. The smallest absolute Gasteiger partial charge is 0.258 e. The standard InChI is InChI=1S/C20H15NO4/c22-20-15-5-12-2-4-23-17(12)8-13(15)6-16-14-9-19-18(24-10-25-19)7-11(14)1-3-21(16)20/h5-9H,1-4,10H2. The minimum Gasteiger partial charge on any atom is -0.493 e. The third-order valence-electron chi connectivity index (χ3n) is 5.40. The zero-order valence-corrected chi connectivity index (χ0v) is 13.5. The molecule has 4 heterocycles. The summed E-state index contributed by atoms with van der Waals surface area (Å²) >= 11 is 0. The third-order valence-corrected chi connectivity index (χ3v) is 5.40. The molecule has 25 heavy (non-hydrogen) atoms. The van der Waals surface area contributed by atoms with Crippen LogP contribution in [0.5, 0.6) is 17.2 Å². The third kappa shape index (κ3) is 1.75. The van der Waals surface area contributed by atoms with Crippen LogP contribution in [0.25, 0.3) is 22.0 Å². The fraction of sp³-hybridized carbons (Fsp3) is 0.250. The molecule has 5 nitrogen and oxygen atoms in total. The Labute approximate surface area is 143 Å². The van der Waals surface area contributed by atoms with Crippen molar-refractivity contribution in [3.8, 4) is 28.5 Å². The lowest BCUT2D eigenvalue weighted by atomic mass is 9.94. The molecule has 0 unspecified atom stereocenters. The molecular formula is C20H15NO4. The first-order chi connectivity index (χ1) is 12.3. The van der Waals surface area contributed by atoms with E-state index in [0.717, 1.165) is 57.7 Å². The molecule has 6 rings (SSSR count). The summed E-state index contributed by atoms with van der Waals surface area (Å²) in [5.41, 5.74) is 4.39. The van der Waals surface area contributed by atoms with E-state index in [1.54, 1.807) is 0 Å². The SMILES string of the molecule is O=c1c2cc3c(cc2cc2n1CCc1cc4c(cc1-2)OCO4)OCC3. The second-order valence-electron chi connectivity index (χ2n) is 6.74. The van der Waals surface area contributed by atoms with Gasteiger partial charge in [-0.1, -0.05) is 0 Å². The summed E-state index contributed by atoms with van der Waals surface area (Å²) in [7, 11) is 0. The topological polar surface area (TPSA) is 49.7 Å². The maximum atomic E-state index is 13.1. The fourth-order valence-corrected chi connectivity index (χ4v) is 4.13. The molecule has 0 amide bonds. The largest absolute Gasteiger partial charge is 0.493 e. The summed E-state index contributed by atoms with van der Waals surface area (Å²) < 4.78 is 18.6. The average molecular weight is 333 g/mol. The molecule has 0 N–H and O–H groups in total. The first kappa shape index (κ1) is 13.4. The van der Waals surface area contributed by atoms with E-state index in [2.05, 4.69) is 6.07 Å². The number of hydrogen-bond donors (Lipinski definition) is 0. The van der Waals surface area contributed by atoms with Crippen molar-refractivity contribution in [2.24, 2.45) is 0 Å². The maximum absolute atomic E-state index is 13.1. The first-order valence-corrected chi connectivity index (χ1v) is 8.54. The second-order valence-corrected chi connectivity index (χ2v) is 6.74. The van der Waals surface area contributed by atoms with E-state index < -0.39 is 0 Å². The molecule has 0 fully saturated rings. The molecule has 0 aliphatic carbocycles. The normalized spacial score (nSPS) is 16.3. The number of fused-ring (bicyclic) bond motifs is 6. The number of nitrogens with zero attached hydrogens (tertiary/aromatic N) is 1. The number of aryl methyl sites for hydroxylation is 1. The van der Waals surface area contributed by atoms with Gasteiger partial charge in [-0.25, -0.2) is 0 Å². The van der Waals surface area contributed by atoms with E-state index in [1.807, 2.05) is 28.8 Å². The van der Waals surface area contributed by atoms with Crippen molar-refractivity contribution in [2.75, 3.05) is 13.4 Å². The molecule has 124 valence electrons. The van der Waals surface area contributed by atoms with Crippen LogP contribution in [0, 0.1) is 0 Å². The number of benzene rings is 2. The van der Waals surface area contributed by atoms with Gasteiger partial charge < -0.3 is 18.8 Å². The van der Waals surface area contributed by atoms with Gasteiger partial charge in [-0.3, -0.25) is 4.79 Å². The lowest BCUT2D eigenvalue weighted by Gasteiger charge is -2.23. The van der Waals surface area contributed by atoms with E-state index >= 15 is 0 Å². The summed E-state index contributed by atoms with van der Waals surface area (Å²) in [4.78, 5) is 13.1. The van der Waals surface area contributed by atoms with Crippen LogP contribution in [-0.4, -0.2) is 18.0 Å². The molecule has 3 aromatic rings. The van der Waals surface area contributed by atoms with Crippen LogP contribution in [0.4, 0.5) is 0 Å². The number of pyridine rings is 1. The van der Waals surface area contributed by atoms with Gasteiger partial charge in [0, 0.05) is 23.9 Å². The summed E-state index contributed by atoms with van der Waals surface area (Å²) in [6.07, 6.45) is 1.69. The van der Waals surface area contributed by atoms with E-state index in [1.165, 1.54) is 5.56 Å². The molecule has 0 spiro atoms. The van der Waals surface area contributed by atoms with E-state index in [0.29, 0.717) is 13.2 Å². The van der Waals surface area contributed by atoms with Gasteiger partial charge in [0.2, 0.25) is 6.79 Å². The number of ether oxygens (including phenoxy) is 3. The zero-order valence-electron chi connectivity index (χ0n) is 13.5. The Morgan fingerprint density at radius 1 is 0.840 bits per heavy atom. The Hall–Kier alpha value is -2.95. The fourth-order valence-electron chi connectivity index (χ4n) is 4.13. The Bertz CT molecular complexity index is 1130. The molecule has 1 aromatic heterocycles. The molecule has 3 aliphatic rings. The number of aromatic nitrogens is 1. The summed E-state index contributed by atoms with van der Waals surface area (Å²) in [6, 6.07) is 10.1. The van der Waals surface area contributed by atoms with Gasteiger partial charge in [-0.05, 0) is 53.3 Å². The Kier molecular flexibility index (Phi) is 2.44. The van der Waals surface area contributed by atoms with Crippen molar-refractivity contribution in [2.45, 2.75) is 19.4 Å². The molecule has 5 heteroatoms. The number of rotatable bonds is 0. The van der Waals surface area contributed by atoms with Gasteiger partial charge >= 0.3 is 0 Å². The molecule has 0 bridgehead atoms. The minimum atomic E-state index is 0.0746. The van der Waals surface area contributed by atoms with Crippen LogP contribution in [0.15, 0.2) is 35.1 Å². The molecule has 0 saturated heterocycles. The molecule has 3 aliphatic heterocycles. The van der Waals surface area contributed by atoms with Gasteiger partial charge in [-0.2, -0.15) is 0 Å². The van der Waals surface area contributed by atoms with Crippen molar-refractivity contribution in [3.63, 3.8) is 0 Å². The highest BCUT2D eigenvalue weighted by Crippen LogP contribution is 2.41. The second kappa shape index (κ2) is 4.57. The van der Waals surface area contributed by atoms with Gasteiger partial charge in [0.1, 0.15) is 5.75 Å². The summed E-state index contributed by atoms with van der Waals surface area (Å²) in [5.74, 6) is 2.44. The van der Waals surface area contributed by atoms with Crippen LogP contribution in [-0.2, 0) is 19.4 Å². The van der Waals surface area contributed by atoms with Crippen LogP contribution in [0.1, 0.15) is 11.1 Å². The van der Waals surface area contributed by atoms with Crippen molar-refractivity contribution in [1.29, 1.82) is 0 Å². The lowest BCUT2D eigenvalue weighted by Crippen LogP contribution is -2.26. The van der Waals surface area contributed by atoms with E-state index in [4.69, 9.17) is 14.2 Å².